The number of hydrogen-bond acceptors (Lipinski definition) is 2. The van der Waals surface area contributed by atoms with Gasteiger partial charge in [0.2, 0.25) is 0 Å². The van der Waals surface area contributed by atoms with Crippen LogP contribution in [0.3, 0.4) is 0 Å². The number of nitrogens with one attached hydrogen (secondary N) is 1. The number of H-pyrrole nitrogens is 1. The van der Waals surface area contributed by atoms with Crippen molar-refractivity contribution >= 4 is 22.5 Å². The van der Waals surface area contributed by atoms with E-state index < -0.39 is 0 Å². The van der Waals surface area contributed by atoms with Crippen LogP contribution < -0.4 is 0 Å². The molecule has 0 spiro atoms. The van der Waals surface area contributed by atoms with Gasteiger partial charge in [0.1, 0.15) is 5.15 Å². The molecule has 4 heteroatoms. The van der Waals surface area contributed by atoms with Gasteiger partial charge in [-0.3, -0.25) is 5.10 Å². The maximum Gasteiger partial charge on any atom is 0.140 e. The van der Waals surface area contributed by atoms with Gasteiger partial charge >= 0.3 is 0 Å². The maximum absolute atomic E-state index is 5.83. The van der Waals surface area contributed by atoms with E-state index in [1.807, 2.05) is 26.8 Å². The van der Waals surface area contributed by atoms with Gasteiger partial charge in [-0.1, -0.05) is 25.4 Å². The van der Waals surface area contributed by atoms with Crippen LogP contribution >= 0.6 is 11.6 Å². The van der Waals surface area contributed by atoms with E-state index in [1.54, 1.807) is 6.20 Å². The molecule has 0 aliphatic heterocycles. The van der Waals surface area contributed by atoms with Crippen LogP contribution in [0, 0.1) is 6.92 Å². The van der Waals surface area contributed by atoms with E-state index in [4.69, 9.17) is 11.6 Å². The Morgan fingerprint density at radius 1 is 1.38 bits per heavy atom. The standard InChI is InChI=1S/C7H6ClN3.C2H6/c1-4-6-5(11-10-4)2-3-9-7(6)8;1-2/h2-3H,1H3,(H,10,11);1-2H3. The van der Waals surface area contributed by atoms with Crippen LogP contribution in [0.25, 0.3) is 10.9 Å². The van der Waals surface area contributed by atoms with Gasteiger partial charge in [0.05, 0.1) is 10.9 Å². The Hall–Kier alpha value is -1.09. The van der Waals surface area contributed by atoms with Gasteiger partial charge in [-0.05, 0) is 13.0 Å². The summed E-state index contributed by atoms with van der Waals surface area (Å²) in [5, 5.41) is 8.29. The third kappa shape index (κ3) is 1.80. The second-order valence-electron chi connectivity index (χ2n) is 2.34. The van der Waals surface area contributed by atoms with Crippen molar-refractivity contribution in [2.24, 2.45) is 0 Å². The topological polar surface area (TPSA) is 41.6 Å². The minimum atomic E-state index is 0.508. The largest absolute Gasteiger partial charge is 0.282 e. The van der Waals surface area contributed by atoms with Crippen molar-refractivity contribution in [2.75, 3.05) is 0 Å². The highest BCUT2D eigenvalue weighted by atomic mass is 35.5. The average molecular weight is 198 g/mol. The lowest BCUT2D eigenvalue weighted by Crippen LogP contribution is -1.76. The Morgan fingerprint density at radius 2 is 2.08 bits per heavy atom. The first-order valence-corrected chi connectivity index (χ1v) is 4.62. The normalized spacial score (nSPS) is 9.54. The van der Waals surface area contributed by atoms with Crippen LogP contribution in [0.2, 0.25) is 5.15 Å². The zero-order valence-corrected chi connectivity index (χ0v) is 8.68. The number of fused-ring (bicyclic) bond motifs is 1. The molecule has 0 aliphatic rings. The smallest absolute Gasteiger partial charge is 0.140 e. The van der Waals surface area contributed by atoms with Gasteiger partial charge in [-0.25, -0.2) is 4.98 Å². The molecule has 70 valence electrons. The molecular formula is C9H12ClN3. The fourth-order valence-electron chi connectivity index (χ4n) is 1.07. The summed E-state index contributed by atoms with van der Waals surface area (Å²) in [7, 11) is 0. The number of halogens is 1. The van der Waals surface area contributed by atoms with Gasteiger partial charge in [-0.2, -0.15) is 5.10 Å². The van der Waals surface area contributed by atoms with E-state index in [0.29, 0.717) is 5.15 Å². The van der Waals surface area contributed by atoms with Gasteiger partial charge in [0, 0.05) is 11.9 Å². The van der Waals surface area contributed by atoms with Crippen molar-refractivity contribution in [2.45, 2.75) is 20.8 Å². The Labute approximate surface area is 82.1 Å². The van der Waals surface area contributed by atoms with Crippen LogP contribution in [0.5, 0.6) is 0 Å². The van der Waals surface area contributed by atoms with E-state index >= 15 is 0 Å². The summed E-state index contributed by atoms with van der Waals surface area (Å²) in [5.41, 5.74) is 1.82. The van der Waals surface area contributed by atoms with Crippen LogP contribution in [0.1, 0.15) is 19.5 Å². The van der Waals surface area contributed by atoms with Crippen LogP contribution in [0.15, 0.2) is 12.3 Å². The van der Waals surface area contributed by atoms with Crippen molar-refractivity contribution in [1.29, 1.82) is 0 Å². The molecular weight excluding hydrogens is 186 g/mol. The zero-order chi connectivity index (χ0) is 9.84. The molecule has 2 rings (SSSR count). The molecule has 1 N–H and O–H groups in total. The molecule has 2 aromatic heterocycles. The molecule has 0 fully saturated rings. The Bertz CT molecular complexity index is 395. The first-order chi connectivity index (χ1) is 6.29. The van der Waals surface area contributed by atoms with E-state index in [9.17, 15) is 0 Å². The highest BCUT2D eigenvalue weighted by molar-refractivity contribution is 6.34. The Balaban J connectivity index is 0.000000396. The summed E-state index contributed by atoms with van der Waals surface area (Å²) in [5.74, 6) is 0. The molecule has 13 heavy (non-hydrogen) atoms. The second-order valence-corrected chi connectivity index (χ2v) is 2.70. The van der Waals surface area contributed by atoms with E-state index in [0.717, 1.165) is 16.6 Å². The Morgan fingerprint density at radius 3 is 2.69 bits per heavy atom. The van der Waals surface area contributed by atoms with Crippen molar-refractivity contribution in [1.82, 2.24) is 15.2 Å². The molecule has 0 saturated heterocycles. The van der Waals surface area contributed by atoms with Crippen LogP contribution in [-0.4, -0.2) is 15.2 Å². The highest BCUT2D eigenvalue weighted by Gasteiger charge is 2.04. The number of aryl methyl sites for hydroxylation is 1. The zero-order valence-electron chi connectivity index (χ0n) is 7.93. The fourth-order valence-corrected chi connectivity index (χ4v) is 1.36. The van der Waals surface area contributed by atoms with Gasteiger partial charge in [-0.15, -0.1) is 0 Å². The van der Waals surface area contributed by atoms with Crippen molar-refractivity contribution in [3.63, 3.8) is 0 Å². The number of aromatic amines is 1. The molecule has 0 amide bonds. The third-order valence-corrected chi connectivity index (χ3v) is 1.89. The second kappa shape index (κ2) is 4.23. The minimum absolute atomic E-state index is 0.508. The lowest BCUT2D eigenvalue weighted by atomic mass is 10.3. The van der Waals surface area contributed by atoms with E-state index in [1.165, 1.54) is 0 Å². The minimum Gasteiger partial charge on any atom is -0.282 e. The summed E-state index contributed by atoms with van der Waals surface area (Å²) in [4.78, 5) is 3.95. The number of hydrogen-bond donors (Lipinski definition) is 1. The van der Waals surface area contributed by atoms with Gasteiger partial charge in [0.25, 0.3) is 0 Å². The lowest BCUT2D eigenvalue weighted by molar-refractivity contribution is 1.07. The van der Waals surface area contributed by atoms with E-state index in [-0.39, 0.29) is 0 Å². The van der Waals surface area contributed by atoms with Crippen LogP contribution in [0.4, 0.5) is 0 Å². The first-order valence-electron chi connectivity index (χ1n) is 4.24. The SMILES string of the molecule is CC.Cc1[nH]nc2ccnc(Cl)c12. The summed E-state index contributed by atoms with van der Waals surface area (Å²) in [6, 6.07) is 1.82. The monoisotopic (exact) mass is 197 g/mol. The predicted octanol–water partition coefficient (Wildman–Crippen LogP) is 2.95. The van der Waals surface area contributed by atoms with Gasteiger partial charge in [0.15, 0.2) is 0 Å². The number of aromatic nitrogens is 3. The van der Waals surface area contributed by atoms with E-state index in [2.05, 4.69) is 15.2 Å². The molecule has 0 atom stereocenters. The lowest BCUT2D eigenvalue weighted by Gasteiger charge is -1.90. The maximum atomic E-state index is 5.83. The summed E-state index contributed by atoms with van der Waals surface area (Å²) >= 11 is 5.83. The average Bonchev–Trinajstić information content (AvgIpc) is 2.53. The van der Waals surface area contributed by atoms with Crippen LogP contribution in [-0.2, 0) is 0 Å². The molecule has 0 aliphatic carbocycles. The summed E-state index contributed by atoms with van der Waals surface area (Å²) in [6.07, 6.45) is 1.64. The predicted molar refractivity (Wildman–Crippen MR) is 55.0 cm³/mol. The number of nitrogens with zero attached hydrogens (tertiary/aromatic N) is 2. The Kier molecular flexibility index (Phi) is 3.25. The molecule has 0 saturated carbocycles. The highest BCUT2D eigenvalue weighted by Crippen LogP contribution is 2.21. The molecule has 0 unspecified atom stereocenters. The number of pyridine rings is 1. The van der Waals surface area contributed by atoms with Crippen molar-refractivity contribution in [3.8, 4) is 0 Å². The van der Waals surface area contributed by atoms with Crippen molar-refractivity contribution < 1.29 is 0 Å². The summed E-state index contributed by atoms with van der Waals surface area (Å²) < 4.78 is 0. The molecule has 3 nitrogen and oxygen atoms in total. The van der Waals surface area contributed by atoms with Gasteiger partial charge < -0.3 is 0 Å². The fraction of sp³-hybridized carbons (Fsp3) is 0.333. The molecule has 0 bridgehead atoms. The molecule has 0 aromatic carbocycles. The first kappa shape index (κ1) is 9.99. The molecule has 2 aromatic rings. The number of rotatable bonds is 0. The third-order valence-electron chi connectivity index (χ3n) is 1.60. The van der Waals surface area contributed by atoms with Crippen molar-refractivity contribution in [3.05, 3.63) is 23.1 Å². The summed E-state index contributed by atoms with van der Waals surface area (Å²) in [6.45, 7) is 5.92. The quantitative estimate of drug-likeness (QED) is 0.660. The molecule has 2 heterocycles. The molecule has 0 radical (unpaired) electrons.